The summed E-state index contributed by atoms with van der Waals surface area (Å²) in [7, 11) is 0. The lowest BCUT2D eigenvalue weighted by molar-refractivity contribution is -0.133. The maximum atomic E-state index is 13.5. The molecule has 0 aliphatic carbocycles. The highest BCUT2D eigenvalue weighted by Gasteiger charge is 2.24. The number of aryl methyl sites for hydroxylation is 1. The van der Waals surface area contributed by atoms with Gasteiger partial charge in [0.1, 0.15) is 18.1 Å². The van der Waals surface area contributed by atoms with Gasteiger partial charge in [0.25, 0.3) is 0 Å². The lowest BCUT2D eigenvalue weighted by atomic mass is 10.2. The van der Waals surface area contributed by atoms with Gasteiger partial charge in [-0.3, -0.25) is 4.79 Å². The number of benzene rings is 2. The minimum atomic E-state index is -0.439. The Labute approximate surface area is 210 Å². The van der Waals surface area contributed by atoms with Crippen LogP contribution in [0.1, 0.15) is 30.9 Å². The van der Waals surface area contributed by atoms with Crippen molar-refractivity contribution in [1.82, 2.24) is 9.80 Å². The molecular formula is C26H29Cl2N3O3. The number of hydrogen-bond acceptors (Lipinski definition) is 3. The van der Waals surface area contributed by atoms with E-state index in [1.807, 2.05) is 63.2 Å². The number of nitrogens with one attached hydrogen (secondary N) is 1. The van der Waals surface area contributed by atoms with Crippen molar-refractivity contribution in [2.24, 2.45) is 5.92 Å². The molecule has 0 bridgehead atoms. The van der Waals surface area contributed by atoms with Crippen molar-refractivity contribution in [3.63, 3.8) is 0 Å². The fourth-order valence-corrected chi connectivity index (χ4v) is 4.01. The van der Waals surface area contributed by atoms with Crippen molar-refractivity contribution in [3.05, 3.63) is 87.8 Å². The molecule has 0 atom stereocenters. The van der Waals surface area contributed by atoms with Crippen molar-refractivity contribution in [2.45, 2.75) is 33.9 Å². The number of carbonyl (C=O) groups is 2. The van der Waals surface area contributed by atoms with E-state index in [4.69, 9.17) is 27.6 Å². The third-order valence-corrected chi connectivity index (χ3v) is 5.74. The van der Waals surface area contributed by atoms with Gasteiger partial charge in [0.2, 0.25) is 5.91 Å². The summed E-state index contributed by atoms with van der Waals surface area (Å²) in [5.74, 6) is 1.42. The Morgan fingerprint density at radius 3 is 2.18 bits per heavy atom. The minimum absolute atomic E-state index is 0.0986. The Balaban J connectivity index is 1.79. The molecule has 1 heterocycles. The molecule has 0 aliphatic rings. The van der Waals surface area contributed by atoms with Crippen molar-refractivity contribution in [1.29, 1.82) is 0 Å². The van der Waals surface area contributed by atoms with Crippen LogP contribution in [0.15, 0.2) is 65.1 Å². The lowest BCUT2D eigenvalue weighted by Gasteiger charge is -2.29. The smallest absolute Gasteiger partial charge is 0.322 e. The summed E-state index contributed by atoms with van der Waals surface area (Å²) in [5, 5.41) is 3.42. The van der Waals surface area contributed by atoms with E-state index in [-0.39, 0.29) is 18.4 Å². The van der Waals surface area contributed by atoms with Crippen LogP contribution in [-0.4, -0.2) is 34.8 Å². The molecule has 0 aliphatic heterocycles. The van der Waals surface area contributed by atoms with E-state index in [1.165, 1.54) is 4.90 Å². The minimum Gasteiger partial charge on any atom is -0.464 e. The van der Waals surface area contributed by atoms with Gasteiger partial charge in [-0.2, -0.15) is 0 Å². The van der Waals surface area contributed by atoms with Crippen LogP contribution in [0.25, 0.3) is 0 Å². The molecule has 0 radical (unpaired) electrons. The molecule has 2 aromatic carbocycles. The van der Waals surface area contributed by atoms with Gasteiger partial charge in [-0.1, -0.05) is 73.4 Å². The highest BCUT2D eigenvalue weighted by molar-refractivity contribution is 6.39. The maximum Gasteiger partial charge on any atom is 0.322 e. The summed E-state index contributed by atoms with van der Waals surface area (Å²) in [6.07, 6.45) is 0. The Morgan fingerprint density at radius 1 is 0.912 bits per heavy atom. The summed E-state index contributed by atoms with van der Waals surface area (Å²) in [5.41, 5.74) is 1.31. The number of furan rings is 1. The summed E-state index contributed by atoms with van der Waals surface area (Å²) >= 11 is 12.4. The van der Waals surface area contributed by atoms with Gasteiger partial charge in [0.15, 0.2) is 0 Å². The van der Waals surface area contributed by atoms with Gasteiger partial charge in [-0.15, -0.1) is 0 Å². The lowest BCUT2D eigenvalue weighted by Crippen LogP contribution is -2.45. The van der Waals surface area contributed by atoms with E-state index in [1.54, 1.807) is 23.1 Å². The second kappa shape index (κ2) is 12.0. The second-order valence-corrected chi connectivity index (χ2v) is 9.36. The third kappa shape index (κ3) is 7.27. The SMILES string of the molecule is Cc1ccc(CN(Cc2ccccc2)C(=O)CN(CC(C)C)C(=O)Nc2c(Cl)cccc2Cl)o1. The van der Waals surface area contributed by atoms with Gasteiger partial charge in [-0.25, -0.2) is 4.79 Å². The molecule has 3 aromatic rings. The monoisotopic (exact) mass is 501 g/mol. The first-order valence-corrected chi connectivity index (χ1v) is 11.9. The Bertz CT molecular complexity index is 1100. The molecule has 6 nitrogen and oxygen atoms in total. The van der Waals surface area contributed by atoms with E-state index in [0.29, 0.717) is 41.1 Å². The number of urea groups is 1. The zero-order valence-electron chi connectivity index (χ0n) is 19.6. The molecular weight excluding hydrogens is 473 g/mol. The second-order valence-electron chi connectivity index (χ2n) is 8.55. The zero-order valence-corrected chi connectivity index (χ0v) is 21.1. The van der Waals surface area contributed by atoms with Crippen LogP contribution >= 0.6 is 23.2 Å². The van der Waals surface area contributed by atoms with Crippen LogP contribution < -0.4 is 5.32 Å². The zero-order chi connectivity index (χ0) is 24.7. The summed E-state index contributed by atoms with van der Waals surface area (Å²) < 4.78 is 5.71. The maximum absolute atomic E-state index is 13.5. The summed E-state index contributed by atoms with van der Waals surface area (Å²) in [6, 6.07) is 18.0. The summed E-state index contributed by atoms with van der Waals surface area (Å²) in [6.45, 7) is 6.82. The molecule has 0 saturated carbocycles. The summed E-state index contributed by atoms with van der Waals surface area (Å²) in [4.78, 5) is 29.8. The van der Waals surface area contributed by atoms with E-state index < -0.39 is 6.03 Å². The highest BCUT2D eigenvalue weighted by atomic mass is 35.5. The quantitative estimate of drug-likeness (QED) is 0.358. The van der Waals surface area contributed by atoms with Crippen LogP contribution in [0, 0.1) is 12.8 Å². The molecule has 8 heteroatoms. The molecule has 0 saturated heterocycles. The largest absolute Gasteiger partial charge is 0.464 e. The van der Waals surface area contributed by atoms with Crippen LogP contribution in [0.3, 0.4) is 0 Å². The van der Waals surface area contributed by atoms with Crippen LogP contribution in [-0.2, 0) is 17.9 Å². The molecule has 3 rings (SSSR count). The number of hydrogen-bond donors (Lipinski definition) is 1. The van der Waals surface area contributed by atoms with Gasteiger partial charge in [0.05, 0.1) is 22.3 Å². The molecule has 3 amide bonds. The number of halogens is 2. The number of nitrogens with zero attached hydrogens (tertiary/aromatic N) is 2. The topological polar surface area (TPSA) is 65.8 Å². The van der Waals surface area contributed by atoms with Gasteiger partial charge in [-0.05, 0) is 42.7 Å². The average Bonchev–Trinajstić information content (AvgIpc) is 3.20. The van der Waals surface area contributed by atoms with Crippen LogP contribution in [0.5, 0.6) is 0 Å². The van der Waals surface area contributed by atoms with E-state index in [9.17, 15) is 9.59 Å². The van der Waals surface area contributed by atoms with Crippen LogP contribution in [0.4, 0.5) is 10.5 Å². The molecule has 0 spiro atoms. The standard InChI is InChI=1S/C26H29Cl2N3O3/c1-18(2)14-31(26(33)29-25-22(27)10-7-11-23(25)28)17-24(32)30(15-20-8-5-4-6-9-20)16-21-13-12-19(3)34-21/h4-13,18H,14-17H2,1-3H3,(H,29,33). The van der Waals surface area contributed by atoms with Gasteiger partial charge in [0, 0.05) is 13.1 Å². The van der Waals surface area contributed by atoms with Crippen molar-refractivity contribution >= 4 is 40.8 Å². The molecule has 0 fully saturated rings. The number of rotatable bonds is 9. The first kappa shape index (κ1) is 25.7. The van der Waals surface area contributed by atoms with Gasteiger partial charge >= 0.3 is 6.03 Å². The normalized spacial score (nSPS) is 10.9. The number of carbonyl (C=O) groups excluding carboxylic acids is 2. The Morgan fingerprint density at radius 2 is 1.59 bits per heavy atom. The number of anilines is 1. The predicted molar refractivity (Wildman–Crippen MR) is 136 cm³/mol. The predicted octanol–water partition coefficient (Wildman–Crippen LogP) is 6.61. The van der Waals surface area contributed by atoms with Crippen LogP contribution in [0.2, 0.25) is 10.0 Å². The first-order chi connectivity index (χ1) is 16.2. The fraction of sp³-hybridized carbons (Fsp3) is 0.308. The third-order valence-electron chi connectivity index (χ3n) is 5.11. The molecule has 1 aromatic heterocycles. The number of amides is 3. The van der Waals surface area contributed by atoms with Crippen molar-refractivity contribution < 1.29 is 14.0 Å². The molecule has 34 heavy (non-hydrogen) atoms. The van der Waals surface area contributed by atoms with Crippen molar-refractivity contribution in [3.8, 4) is 0 Å². The van der Waals surface area contributed by atoms with Gasteiger partial charge < -0.3 is 19.5 Å². The fourth-order valence-electron chi connectivity index (χ4n) is 3.52. The Kier molecular flexibility index (Phi) is 9.02. The first-order valence-electron chi connectivity index (χ1n) is 11.1. The van der Waals surface area contributed by atoms with E-state index in [2.05, 4.69) is 5.32 Å². The van der Waals surface area contributed by atoms with E-state index >= 15 is 0 Å². The van der Waals surface area contributed by atoms with E-state index in [0.717, 1.165) is 11.3 Å². The van der Waals surface area contributed by atoms with Crippen molar-refractivity contribution in [2.75, 3.05) is 18.4 Å². The molecule has 0 unspecified atom stereocenters. The average molecular weight is 502 g/mol. The molecule has 180 valence electrons. The highest BCUT2D eigenvalue weighted by Crippen LogP contribution is 2.30. The molecule has 1 N–H and O–H groups in total. The Hall–Kier alpha value is -2.96. The number of para-hydroxylation sites is 1.